The number of aryl methyl sites for hydroxylation is 1. The average Bonchev–Trinajstić information content (AvgIpc) is 2.85. The number of aromatic nitrogens is 2. The zero-order chi connectivity index (χ0) is 8.55. The normalized spacial score (nSPS) is 16.0. The highest BCUT2D eigenvalue weighted by Crippen LogP contribution is 2.41. The van der Waals surface area contributed by atoms with E-state index in [1.807, 2.05) is 11.6 Å². The molecule has 0 aliphatic heterocycles. The van der Waals surface area contributed by atoms with Crippen molar-refractivity contribution >= 4 is 0 Å². The minimum Gasteiger partial charge on any atom is -0.268 e. The van der Waals surface area contributed by atoms with E-state index in [2.05, 4.69) is 17.4 Å². The van der Waals surface area contributed by atoms with Crippen molar-refractivity contribution in [1.29, 1.82) is 5.26 Å². The van der Waals surface area contributed by atoms with E-state index in [9.17, 15) is 0 Å². The van der Waals surface area contributed by atoms with Crippen LogP contribution in [0.2, 0.25) is 0 Å². The van der Waals surface area contributed by atoms with E-state index in [1.54, 1.807) is 0 Å². The van der Waals surface area contributed by atoms with Crippen LogP contribution < -0.4 is 0 Å². The lowest BCUT2D eigenvalue weighted by Crippen LogP contribution is -2.01. The minimum atomic E-state index is 0.582. The lowest BCUT2D eigenvalue weighted by atomic mass is 10.2. The molecule has 0 unspecified atom stereocenters. The molecule has 0 N–H and O–H groups in total. The van der Waals surface area contributed by atoms with E-state index in [0.717, 1.165) is 12.2 Å². The molecule has 3 nitrogen and oxygen atoms in total. The molecular formula is C9H10N3. The quantitative estimate of drug-likeness (QED) is 0.657. The van der Waals surface area contributed by atoms with Crippen molar-refractivity contribution in [2.24, 2.45) is 0 Å². The van der Waals surface area contributed by atoms with Crippen LogP contribution in [0, 0.1) is 17.5 Å². The standard InChI is InChI=1S/C9H10N3/c1-2-12-9(7-3-4-7)8(5-10)6-11-12/h7H,2-4H2,1H3. The van der Waals surface area contributed by atoms with Gasteiger partial charge in [0, 0.05) is 12.5 Å². The molecule has 0 amide bonds. The highest BCUT2D eigenvalue weighted by atomic mass is 15.3. The van der Waals surface area contributed by atoms with E-state index in [1.165, 1.54) is 12.8 Å². The Kier molecular flexibility index (Phi) is 1.61. The Bertz CT molecular complexity index is 328. The van der Waals surface area contributed by atoms with Crippen LogP contribution >= 0.6 is 0 Å². The minimum absolute atomic E-state index is 0.582. The molecule has 1 fully saturated rings. The number of rotatable bonds is 2. The Morgan fingerprint density at radius 2 is 2.50 bits per heavy atom. The lowest BCUT2D eigenvalue weighted by Gasteiger charge is -2.01. The van der Waals surface area contributed by atoms with Gasteiger partial charge in [0.2, 0.25) is 0 Å². The first-order valence-electron chi connectivity index (χ1n) is 4.25. The van der Waals surface area contributed by atoms with Gasteiger partial charge < -0.3 is 0 Å². The van der Waals surface area contributed by atoms with Gasteiger partial charge in [-0.3, -0.25) is 4.68 Å². The molecule has 0 bridgehead atoms. The van der Waals surface area contributed by atoms with Gasteiger partial charge in [0.15, 0.2) is 0 Å². The van der Waals surface area contributed by atoms with Crippen LogP contribution in [0.3, 0.4) is 0 Å². The molecule has 2 rings (SSSR count). The van der Waals surface area contributed by atoms with Crippen molar-refractivity contribution in [3.8, 4) is 6.07 Å². The lowest BCUT2D eigenvalue weighted by molar-refractivity contribution is 0.621. The second-order valence-corrected chi connectivity index (χ2v) is 3.07. The fourth-order valence-corrected chi connectivity index (χ4v) is 1.45. The third-order valence-corrected chi connectivity index (χ3v) is 2.19. The van der Waals surface area contributed by atoms with Crippen molar-refractivity contribution in [1.82, 2.24) is 9.78 Å². The summed E-state index contributed by atoms with van der Waals surface area (Å²) in [7, 11) is 0. The van der Waals surface area contributed by atoms with Crippen molar-refractivity contribution in [2.45, 2.75) is 32.2 Å². The SMILES string of the molecule is CCn1n[c]c(C#N)c1C1CC1. The van der Waals surface area contributed by atoms with Crippen LogP contribution in [0.4, 0.5) is 0 Å². The molecule has 1 aromatic rings. The average molecular weight is 160 g/mol. The Labute approximate surface area is 71.6 Å². The summed E-state index contributed by atoms with van der Waals surface area (Å²) in [6.07, 6.45) is 5.15. The summed E-state index contributed by atoms with van der Waals surface area (Å²) < 4.78 is 1.89. The van der Waals surface area contributed by atoms with Crippen molar-refractivity contribution in [3.63, 3.8) is 0 Å². The van der Waals surface area contributed by atoms with Gasteiger partial charge in [-0.25, -0.2) is 0 Å². The van der Waals surface area contributed by atoms with Crippen LogP contribution in [-0.2, 0) is 6.54 Å². The topological polar surface area (TPSA) is 41.6 Å². The number of nitrogens with zero attached hydrogens (tertiary/aromatic N) is 3. The Hall–Kier alpha value is -1.30. The zero-order valence-electron chi connectivity index (χ0n) is 7.04. The Morgan fingerprint density at radius 1 is 1.75 bits per heavy atom. The third kappa shape index (κ3) is 1.00. The molecule has 0 spiro atoms. The first-order chi connectivity index (χ1) is 5.86. The summed E-state index contributed by atoms with van der Waals surface area (Å²) >= 11 is 0. The van der Waals surface area contributed by atoms with E-state index in [-0.39, 0.29) is 0 Å². The van der Waals surface area contributed by atoms with E-state index in [0.29, 0.717) is 11.5 Å². The van der Waals surface area contributed by atoms with Crippen molar-refractivity contribution in [3.05, 3.63) is 17.5 Å². The van der Waals surface area contributed by atoms with Crippen molar-refractivity contribution < 1.29 is 0 Å². The molecule has 1 saturated carbocycles. The number of nitriles is 1. The zero-order valence-corrected chi connectivity index (χ0v) is 7.04. The van der Waals surface area contributed by atoms with E-state index >= 15 is 0 Å². The molecule has 1 aliphatic rings. The maximum atomic E-state index is 8.77. The van der Waals surface area contributed by atoms with Gasteiger partial charge in [-0.15, -0.1) is 0 Å². The second kappa shape index (κ2) is 2.63. The summed E-state index contributed by atoms with van der Waals surface area (Å²) in [5, 5.41) is 12.8. The molecule has 0 saturated heterocycles. The molecule has 3 heteroatoms. The maximum Gasteiger partial charge on any atom is 0.132 e. The predicted molar refractivity (Wildman–Crippen MR) is 43.4 cm³/mol. The molecule has 1 aromatic heterocycles. The van der Waals surface area contributed by atoms with Gasteiger partial charge in [-0.1, -0.05) is 0 Å². The largest absolute Gasteiger partial charge is 0.268 e. The van der Waals surface area contributed by atoms with Crippen LogP contribution in [0.25, 0.3) is 0 Å². The fourth-order valence-electron chi connectivity index (χ4n) is 1.45. The summed E-state index contributed by atoms with van der Waals surface area (Å²) in [4.78, 5) is 0. The molecule has 0 aromatic carbocycles. The van der Waals surface area contributed by atoms with Gasteiger partial charge in [0.25, 0.3) is 0 Å². The van der Waals surface area contributed by atoms with Gasteiger partial charge in [0.1, 0.15) is 17.8 Å². The predicted octanol–water partition coefficient (Wildman–Crippen LogP) is 1.45. The van der Waals surface area contributed by atoms with Gasteiger partial charge in [-0.2, -0.15) is 10.4 Å². The Balaban J connectivity index is 2.44. The van der Waals surface area contributed by atoms with E-state index in [4.69, 9.17) is 5.26 Å². The summed E-state index contributed by atoms with van der Waals surface area (Å²) in [6.45, 7) is 2.87. The maximum absolute atomic E-state index is 8.77. The highest BCUT2D eigenvalue weighted by Gasteiger charge is 2.29. The molecule has 12 heavy (non-hydrogen) atoms. The van der Waals surface area contributed by atoms with Gasteiger partial charge in [0.05, 0.1) is 5.69 Å². The number of hydrogen-bond donors (Lipinski definition) is 0. The van der Waals surface area contributed by atoms with Crippen LogP contribution in [0.5, 0.6) is 0 Å². The third-order valence-electron chi connectivity index (χ3n) is 2.19. The van der Waals surface area contributed by atoms with Gasteiger partial charge in [-0.05, 0) is 19.8 Å². The summed E-state index contributed by atoms with van der Waals surface area (Å²) in [5.74, 6) is 0.582. The molecule has 1 radical (unpaired) electrons. The summed E-state index contributed by atoms with van der Waals surface area (Å²) in [5.41, 5.74) is 1.74. The molecular weight excluding hydrogens is 150 g/mol. The second-order valence-electron chi connectivity index (χ2n) is 3.07. The fraction of sp³-hybridized carbons (Fsp3) is 0.556. The Morgan fingerprint density at radius 3 is 3.00 bits per heavy atom. The van der Waals surface area contributed by atoms with Crippen LogP contribution in [-0.4, -0.2) is 9.78 Å². The molecule has 61 valence electrons. The first kappa shape index (κ1) is 7.35. The first-order valence-corrected chi connectivity index (χ1v) is 4.25. The monoisotopic (exact) mass is 160 g/mol. The van der Waals surface area contributed by atoms with Crippen LogP contribution in [0.1, 0.15) is 36.9 Å². The smallest absolute Gasteiger partial charge is 0.132 e. The number of hydrogen-bond acceptors (Lipinski definition) is 2. The summed E-state index contributed by atoms with van der Waals surface area (Å²) in [6, 6.07) is 2.13. The van der Waals surface area contributed by atoms with Gasteiger partial charge >= 0.3 is 0 Å². The molecule has 1 aliphatic carbocycles. The molecule has 1 heterocycles. The highest BCUT2D eigenvalue weighted by molar-refractivity contribution is 5.35. The molecule has 0 atom stereocenters. The van der Waals surface area contributed by atoms with Crippen molar-refractivity contribution in [2.75, 3.05) is 0 Å². The van der Waals surface area contributed by atoms with E-state index < -0.39 is 0 Å². The van der Waals surface area contributed by atoms with Crippen LogP contribution in [0.15, 0.2) is 0 Å².